The predicted molar refractivity (Wildman–Crippen MR) is 123 cm³/mol. The molecule has 0 spiro atoms. The minimum absolute atomic E-state index is 0. The van der Waals surface area contributed by atoms with Crippen molar-refractivity contribution >= 4 is 41.3 Å². The third-order valence-corrected chi connectivity index (χ3v) is 6.13. The zero-order valence-electron chi connectivity index (χ0n) is 16.5. The van der Waals surface area contributed by atoms with Gasteiger partial charge in [-0.3, -0.25) is 4.99 Å². The lowest BCUT2D eigenvalue weighted by Gasteiger charge is -2.39. The van der Waals surface area contributed by atoms with Gasteiger partial charge in [-0.1, -0.05) is 6.92 Å². The van der Waals surface area contributed by atoms with Gasteiger partial charge in [0.2, 0.25) is 0 Å². The van der Waals surface area contributed by atoms with Crippen molar-refractivity contribution in [3.05, 3.63) is 34.8 Å². The van der Waals surface area contributed by atoms with Gasteiger partial charge in [0.25, 0.3) is 0 Å². The van der Waals surface area contributed by atoms with Crippen LogP contribution >= 0.6 is 35.3 Å². The zero-order valence-corrected chi connectivity index (χ0v) is 19.6. The fraction of sp³-hybridized carbons (Fsp3) is 0.632. The average molecular weight is 502 g/mol. The Morgan fingerprint density at radius 2 is 2.26 bits per heavy atom. The van der Waals surface area contributed by atoms with Gasteiger partial charge in [0.05, 0.1) is 17.4 Å². The first-order valence-corrected chi connectivity index (χ1v) is 10.4. The number of guanidine groups is 1. The SMILES string of the molecule is CN=C(NCCCCc1nc(C)cs1)N1CCC(C)C(n2ccnc2)C1.I. The molecule has 27 heavy (non-hydrogen) atoms. The molecule has 2 aromatic heterocycles. The number of thiazole rings is 1. The smallest absolute Gasteiger partial charge is 0.193 e. The van der Waals surface area contributed by atoms with Crippen molar-refractivity contribution in [2.24, 2.45) is 10.9 Å². The number of piperidine rings is 1. The molecule has 1 aliphatic rings. The van der Waals surface area contributed by atoms with Crippen molar-refractivity contribution < 1.29 is 0 Å². The molecular formula is C19H31IN6S. The van der Waals surface area contributed by atoms with Gasteiger partial charge >= 0.3 is 0 Å². The number of aryl methyl sites for hydroxylation is 2. The summed E-state index contributed by atoms with van der Waals surface area (Å²) in [5.74, 6) is 1.67. The lowest BCUT2D eigenvalue weighted by atomic mass is 9.93. The van der Waals surface area contributed by atoms with Crippen molar-refractivity contribution in [2.75, 3.05) is 26.7 Å². The maximum absolute atomic E-state index is 4.53. The molecule has 0 aliphatic carbocycles. The topological polar surface area (TPSA) is 58.3 Å². The quantitative estimate of drug-likeness (QED) is 0.283. The predicted octanol–water partition coefficient (Wildman–Crippen LogP) is 3.75. The van der Waals surface area contributed by atoms with E-state index >= 15 is 0 Å². The maximum atomic E-state index is 4.53. The van der Waals surface area contributed by atoms with E-state index in [1.807, 2.05) is 19.6 Å². The minimum atomic E-state index is 0. The molecule has 3 rings (SSSR count). The summed E-state index contributed by atoms with van der Waals surface area (Å²) in [6.45, 7) is 7.39. The molecule has 0 amide bonds. The standard InChI is InChI=1S/C19H30N6S.HI/c1-15-7-10-24(12-17(15)25-11-9-21-14-25)19(20-3)22-8-5-4-6-18-23-16(2)13-26-18;/h9,11,13-15,17H,4-8,10,12H2,1-3H3,(H,20,22);1H. The van der Waals surface area contributed by atoms with Gasteiger partial charge in [0.15, 0.2) is 5.96 Å². The summed E-state index contributed by atoms with van der Waals surface area (Å²) in [7, 11) is 1.88. The number of nitrogens with one attached hydrogen (secondary N) is 1. The number of hydrogen-bond acceptors (Lipinski definition) is 4. The number of nitrogens with zero attached hydrogens (tertiary/aromatic N) is 5. The fourth-order valence-electron chi connectivity index (χ4n) is 3.55. The second-order valence-electron chi connectivity index (χ2n) is 7.10. The molecule has 1 aliphatic heterocycles. The third kappa shape index (κ3) is 6.17. The number of hydrogen-bond donors (Lipinski definition) is 1. The molecule has 0 bridgehead atoms. The molecule has 1 N–H and O–H groups in total. The number of likely N-dealkylation sites (tertiary alicyclic amines) is 1. The minimum Gasteiger partial charge on any atom is -0.356 e. The molecule has 2 atom stereocenters. The maximum Gasteiger partial charge on any atom is 0.193 e. The summed E-state index contributed by atoms with van der Waals surface area (Å²) in [6, 6.07) is 0.456. The van der Waals surface area contributed by atoms with Crippen molar-refractivity contribution in [3.63, 3.8) is 0 Å². The van der Waals surface area contributed by atoms with Gasteiger partial charge in [-0.25, -0.2) is 9.97 Å². The van der Waals surface area contributed by atoms with Gasteiger partial charge in [-0.15, -0.1) is 35.3 Å². The summed E-state index contributed by atoms with van der Waals surface area (Å²) in [4.78, 5) is 15.6. The number of aliphatic imine (C=N–C) groups is 1. The van der Waals surface area contributed by atoms with E-state index in [9.17, 15) is 0 Å². The summed E-state index contributed by atoms with van der Waals surface area (Å²) in [5, 5.41) is 6.92. The van der Waals surface area contributed by atoms with E-state index in [-0.39, 0.29) is 24.0 Å². The van der Waals surface area contributed by atoms with E-state index in [4.69, 9.17) is 0 Å². The monoisotopic (exact) mass is 502 g/mol. The van der Waals surface area contributed by atoms with Crippen LogP contribution in [0.3, 0.4) is 0 Å². The Morgan fingerprint density at radius 1 is 1.41 bits per heavy atom. The zero-order chi connectivity index (χ0) is 18.4. The normalized spacial score (nSPS) is 20.4. The second kappa shape index (κ2) is 11.0. The number of imidazole rings is 1. The Bertz CT molecular complexity index is 699. The molecule has 8 heteroatoms. The summed E-state index contributed by atoms with van der Waals surface area (Å²) in [6.07, 6.45) is 10.4. The first-order chi connectivity index (χ1) is 12.7. The lowest BCUT2D eigenvalue weighted by molar-refractivity contribution is 0.189. The van der Waals surface area contributed by atoms with Crippen LogP contribution in [0, 0.1) is 12.8 Å². The highest BCUT2D eigenvalue weighted by Crippen LogP contribution is 2.27. The van der Waals surface area contributed by atoms with Crippen LogP contribution in [0.4, 0.5) is 0 Å². The summed E-state index contributed by atoms with van der Waals surface area (Å²) in [5.41, 5.74) is 1.13. The van der Waals surface area contributed by atoms with Gasteiger partial charge < -0.3 is 14.8 Å². The highest BCUT2D eigenvalue weighted by molar-refractivity contribution is 14.0. The number of aromatic nitrogens is 3. The number of halogens is 1. The molecule has 0 saturated carbocycles. The lowest BCUT2D eigenvalue weighted by Crippen LogP contribution is -2.49. The molecule has 0 aromatic carbocycles. The van der Waals surface area contributed by atoms with E-state index in [2.05, 4.69) is 55.2 Å². The van der Waals surface area contributed by atoms with Crippen LogP contribution in [0.15, 0.2) is 29.1 Å². The third-order valence-electron chi connectivity index (χ3n) is 5.10. The van der Waals surface area contributed by atoms with Crippen LogP contribution in [-0.2, 0) is 6.42 Å². The van der Waals surface area contributed by atoms with Crippen LogP contribution in [0.1, 0.15) is 42.9 Å². The van der Waals surface area contributed by atoms with Gasteiger partial charge in [0.1, 0.15) is 0 Å². The van der Waals surface area contributed by atoms with Crippen LogP contribution in [0.25, 0.3) is 0 Å². The first kappa shape index (κ1) is 22.1. The van der Waals surface area contributed by atoms with Crippen molar-refractivity contribution in [1.82, 2.24) is 24.8 Å². The van der Waals surface area contributed by atoms with Gasteiger partial charge in [0, 0.05) is 50.1 Å². The molecule has 3 heterocycles. The highest BCUT2D eigenvalue weighted by Gasteiger charge is 2.28. The van der Waals surface area contributed by atoms with Gasteiger partial charge in [-0.05, 0) is 38.5 Å². The average Bonchev–Trinajstić information content (AvgIpc) is 3.31. The second-order valence-corrected chi connectivity index (χ2v) is 8.05. The van der Waals surface area contributed by atoms with Crippen molar-refractivity contribution in [1.29, 1.82) is 0 Å². The van der Waals surface area contributed by atoms with Crippen LogP contribution in [-0.4, -0.2) is 52.1 Å². The van der Waals surface area contributed by atoms with E-state index in [1.54, 1.807) is 11.3 Å². The van der Waals surface area contributed by atoms with Crippen molar-refractivity contribution in [3.8, 4) is 0 Å². The molecule has 2 aromatic rings. The van der Waals surface area contributed by atoms with Crippen molar-refractivity contribution in [2.45, 2.75) is 45.6 Å². The van der Waals surface area contributed by atoms with Crippen LogP contribution in [0.5, 0.6) is 0 Å². The Labute approximate surface area is 183 Å². The Morgan fingerprint density at radius 3 is 2.93 bits per heavy atom. The molecule has 1 saturated heterocycles. The molecule has 6 nitrogen and oxygen atoms in total. The summed E-state index contributed by atoms with van der Waals surface area (Å²) < 4.78 is 2.24. The first-order valence-electron chi connectivity index (χ1n) is 9.51. The highest BCUT2D eigenvalue weighted by atomic mass is 127. The van der Waals surface area contributed by atoms with E-state index in [0.717, 1.165) is 50.6 Å². The fourth-order valence-corrected chi connectivity index (χ4v) is 4.36. The summed E-state index contributed by atoms with van der Waals surface area (Å²) >= 11 is 1.77. The number of unbranched alkanes of at least 4 members (excludes halogenated alkanes) is 1. The van der Waals surface area contributed by atoms with E-state index in [0.29, 0.717) is 12.0 Å². The van der Waals surface area contributed by atoms with Crippen LogP contribution < -0.4 is 5.32 Å². The Balaban J connectivity index is 0.00000261. The van der Waals surface area contributed by atoms with E-state index in [1.165, 1.54) is 11.4 Å². The largest absolute Gasteiger partial charge is 0.356 e. The molecule has 2 unspecified atom stereocenters. The van der Waals surface area contributed by atoms with E-state index < -0.39 is 0 Å². The number of rotatable bonds is 6. The molecule has 0 radical (unpaired) electrons. The molecule has 150 valence electrons. The van der Waals surface area contributed by atoms with Gasteiger partial charge in [-0.2, -0.15) is 0 Å². The Hall–Kier alpha value is -1.16. The molecule has 1 fully saturated rings. The molecular weight excluding hydrogens is 471 g/mol. The van der Waals surface area contributed by atoms with Crippen LogP contribution in [0.2, 0.25) is 0 Å². The Kier molecular flexibility index (Phi) is 9.01.